The van der Waals surface area contributed by atoms with E-state index in [1.165, 1.54) is 0 Å². The summed E-state index contributed by atoms with van der Waals surface area (Å²) in [5.41, 5.74) is 5.36. The molecule has 0 aromatic carbocycles. The molecule has 0 aliphatic heterocycles. The number of halogens is 1. The van der Waals surface area contributed by atoms with E-state index in [1.54, 1.807) is 6.92 Å². The SMILES string of the molecule is CCCC(N)C(=O)NC(C)C(=O)NC(C)(C)C.Cl. The number of amides is 2. The summed E-state index contributed by atoms with van der Waals surface area (Å²) >= 11 is 0. The second-order valence-electron chi connectivity index (χ2n) is 5.36. The molecule has 0 radical (unpaired) electrons. The van der Waals surface area contributed by atoms with Gasteiger partial charge in [-0.1, -0.05) is 13.3 Å². The van der Waals surface area contributed by atoms with Crippen LogP contribution in [0.4, 0.5) is 0 Å². The highest BCUT2D eigenvalue weighted by molar-refractivity contribution is 5.89. The van der Waals surface area contributed by atoms with Crippen LogP contribution in [0.2, 0.25) is 0 Å². The van der Waals surface area contributed by atoms with Crippen LogP contribution in [0.5, 0.6) is 0 Å². The van der Waals surface area contributed by atoms with Gasteiger partial charge >= 0.3 is 0 Å². The molecule has 0 saturated heterocycles. The van der Waals surface area contributed by atoms with E-state index in [9.17, 15) is 9.59 Å². The third kappa shape index (κ3) is 8.31. The molecule has 5 nitrogen and oxygen atoms in total. The number of hydrogen-bond donors (Lipinski definition) is 3. The molecule has 0 aliphatic carbocycles. The monoisotopic (exact) mass is 279 g/mol. The summed E-state index contributed by atoms with van der Waals surface area (Å²) in [6.07, 6.45) is 1.47. The zero-order valence-corrected chi connectivity index (χ0v) is 12.7. The molecule has 0 saturated carbocycles. The molecular weight excluding hydrogens is 254 g/mol. The van der Waals surface area contributed by atoms with Gasteiger partial charge in [0, 0.05) is 5.54 Å². The lowest BCUT2D eigenvalue weighted by Gasteiger charge is -2.24. The van der Waals surface area contributed by atoms with Gasteiger partial charge in [0.05, 0.1) is 6.04 Å². The summed E-state index contributed by atoms with van der Waals surface area (Å²) in [5.74, 6) is -0.474. The summed E-state index contributed by atoms with van der Waals surface area (Å²) in [6.45, 7) is 9.29. The zero-order valence-electron chi connectivity index (χ0n) is 11.9. The smallest absolute Gasteiger partial charge is 0.242 e. The number of nitrogens with one attached hydrogen (secondary N) is 2. The van der Waals surface area contributed by atoms with Crippen molar-refractivity contribution in [2.75, 3.05) is 0 Å². The van der Waals surface area contributed by atoms with E-state index >= 15 is 0 Å². The lowest BCUT2D eigenvalue weighted by molar-refractivity contribution is -0.130. The highest BCUT2D eigenvalue weighted by Gasteiger charge is 2.22. The van der Waals surface area contributed by atoms with E-state index in [4.69, 9.17) is 5.73 Å². The lowest BCUT2D eigenvalue weighted by Crippen LogP contribution is -2.53. The topological polar surface area (TPSA) is 84.2 Å². The summed E-state index contributed by atoms with van der Waals surface area (Å²) in [6, 6.07) is -1.10. The fourth-order valence-corrected chi connectivity index (χ4v) is 1.31. The minimum atomic E-state index is -0.565. The van der Waals surface area contributed by atoms with Gasteiger partial charge in [0.2, 0.25) is 11.8 Å². The van der Waals surface area contributed by atoms with Gasteiger partial charge in [-0.25, -0.2) is 0 Å². The van der Waals surface area contributed by atoms with Crippen molar-refractivity contribution in [3.63, 3.8) is 0 Å². The summed E-state index contributed by atoms with van der Waals surface area (Å²) in [7, 11) is 0. The van der Waals surface area contributed by atoms with E-state index in [0.29, 0.717) is 6.42 Å². The lowest BCUT2D eigenvalue weighted by atomic mass is 10.1. The molecule has 0 aromatic rings. The highest BCUT2D eigenvalue weighted by Crippen LogP contribution is 2.00. The van der Waals surface area contributed by atoms with Gasteiger partial charge < -0.3 is 16.4 Å². The van der Waals surface area contributed by atoms with E-state index < -0.39 is 12.1 Å². The standard InChI is InChI=1S/C12H25N3O2.ClH/c1-6-7-9(13)11(17)14-8(2)10(16)15-12(3,4)5;/h8-9H,6-7,13H2,1-5H3,(H,14,17)(H,15,16);1H. The van der Waals surface area contributed by atoms with Crippen LogP contribution in [-0.4, -0.2) is 29.4 Å². The van der Waals surface area contributed by atoms with Crippen LogP contribution in [0, 0.1) is 0 Å². The Kier molecular flexibility index (Phi) is 9.03. The van der Waals surface area contributed by atoms with Crippen molar-refractivity contribution in [2.24, 2.45) is 5.73 Å². The van der Waals surface area contributed by atoms with Crippen LogP contribution in [0.15, 0.2) is 0 Å². The van der Waals surface area contributed by atoms with Gasteiger partial charge in [-0.3, -0.25) is 9.59 Å². The van der Waals surface area contributed by atoms with Crippen molar-refractivity contribution in [3.8, 4) is 0 Å². The maximum atomic E-state index is 11.7. The summed E-state index contributed by atoms with van der Waals surface area (Å²) in [4.78, 5) is 23.3. The molecule has 108 valence electrons. The Labute approximate surface area is 116 Å². The minimum Gasteiger partial charge on any atom is -0.350 e. The van der Waals surface area contributed by atoms with E-state index in [1.807, 2.05) is 27.7 Å². The van der Waals surface area contributed by atoms with Crippen LogP contribution >= 0.6 is 12.4 Å². The summed E-state index contributed by atoms with van der Waals surface area (Å²) < 4.78 is 0. The second kappa shape index (κ2) is 8.32. The molecule has 0 fully saturated rings. The number of nitrogens with two attached hydrogens (primary N) is 1. The Morgan fingerprint density at radius 3 is 2.11 bits per heavy atom. The van der Waals surface area contributed by atoms with Gasteiger partial charge in [-0.15, -0.1) is 12.4 Å². The van der Waals surface area contributed by atoms with Crippen molar-refractivity contribution in [1.29, 1.82) is 0 Å². The van der Waals surface area contributed by atoms with Crippen molar-refractivity contribution < 1.29 is 9.59 Å². The van der Waals surface area contributed by atoms with Crippen LogP contribution < -0.4 is 16.4 Å². The zero-order chi connectivity index (χ0) is 13.6. The molecule has 0 bridgehead atoms. The molecule has 0 spiro atoms. The van der Waals surface area contributed by atoms with E-state index in [2.05, 4.69) is 10.6 Å². The average Bonchev–Trinajstić information content (AvgIpc) is 2.15. The van der Waals surface area contributed by atoms with E-state index in [0.717, 1.165) is 6.42 Å². The average molecular weight is 280 g/mol. The first-order valence-corrected chi connectivity index (χ1v) is 6.05. The molecule has 0 heterocycles. The van der Waals surface area contributed by atoms with Crippen LogP contribution in [-0.2, 0) is 9.59 Å². The number of rotatable bonds is 5. The minimum absolute atomic E-state index is 0. The molecule has 0 rings (SSSR count). The number of carbonyl (C=O) groups excluding carboxylic acids is 2. The van der Waals surface area contributed by atoms with Crippen LogP contribution in [0.25, 0.3) is 0 Å². The van der Waals surface area contributed by atoms with Crippen LogP contribution in [0.1, 0.15) is 47.5 Å². The molecule has 2 unspecified atom stereocenters. The molecule has 2 amide bonds. The molecule has 6 heteroatoms. The molecule has 0 aromatic heterocycles. The van der Waals surface area contributed by atoms with Gasteiger partial charge in [-0.05, 0) is 34.1 Å². The van der Waals surface area contributed by atoms with Crippen molar-refractivity contribution in [2.45, 2.75) is 65.1 Å². The first-order valence-electron chi connectivity index (χ1n) is 6.05. The predicted octanol–water partition coefficient (Wildman–Crippen LogP) is 0.955. The molecule has 4 N–H and O–H groups in total. The largest absolute Gasteiger partial charge is 0.350 e. The Morgan fingerprint density at radius 2 is 1.72 bits per heavy atom. The normalized spacial score (nSPS) is 14.1. The fraction of sp³-hybridized carbons (Fsp3) is 0.833. The fourth-order valence-electron chi connectivity index (χ4n) is 1.31. The third-order valence-electron chi connectivity index (χ3n) is 2.19. The maximum Gasteiger partial charge on any atom is 0.242 e. The Balaban J connectivity index is 0. The van der Waals surface area contributed by atoms with Gasteiger partial charge in [0.15, 0.2) is 0 Å². The Bertz CT molecular complexity index is 277. The van der Waals surface area contributed by atoms with Crippen molar-refractivity contribution in [1.82, 2.24) is 10.6 Å². The van der Waals surface area contributed by atoms with Crippen LogP contribution in [0.3, 0.4) is 0 Å². The quantitative estimate of drug-likeness (QED) is 0.701. The van der Waals surface area contributed by atoms with Gasteiger partial charge in [-0.2, -0.15) is 0 Å². The molecular formula is C12H26ClN3O2. The highest BCUT2D eigenvalue weighted by atomic mass is 35.5. The van der Waals surface area contributed by atoms with Crippen molar-refractivity contribution in [3.05, 3.63) is 0 Å². The molecule has 0 aliphatic rings. The number of hydrogen-bond acceptors (Lipinski definition) is 3. The molecule has 18 heavy (non-hydrogen) atoms. The number of carbonyl (C=O) groups is 2. The maximum absolute atomic E-state index is 11.7. The first kappa shape index (κ1) is 19.5. The predicted molar refractivity (Wildman–Crippen MR) is 75.6 cm³/mol. The van der Waals surface area contributed by atoms with Gasteiger partial charge in [0.1, 0.15) is 6.04 Å². The van der Waals surface area contributed by atoms with Gasteiger partial charge in [0.25, 0.3) is 0 Å². The second-order valence-corrected chi connectivity index (χ2v) is 5.36. The summed E-state index contributed by atoms with van der Waals surface area (Å²) in [5, 5.41) is 5.41. The van der Waals surface area contributed by atoms with E-state index in [-0.39, 0.29) is 29.8 Å². The molecule has 2 atom stereocenters. The Hall–Kier alpha value is -0.810. The van der Waals surface area contributed by atoms with Crippen molar-refractivity contribution >= 4 is 24.2 Å². The first-order chi connectivity index (χ1) is 7.67. The third-order valence-corrected chi connectivity index (χ3v) is 2.19. The Morgan fingerprint density at radius 1 is 1.22 bits per heavy atom.